The fourth-order valence-electron chi connectivity index (χ4n) is 3.79. The van der Waals surface area contributed by atoms with Gasteiger partial charge < -0.3 is 5.11 Å². The average molecular weight is 460 g/mol. The molecule has 0 radical (unpaired) electrons. The molecule has 0 unspecified atom stereocenters. The third-order valence-corrected chi connectivity index (χ3v) is 6.64. The summed E-state index contributed by atoms with van der Waals surface area (Å²) in [4.78, 5) is 27.4. The molecule has 1 aliphatic rings. The van der Waals surface area contributed by atoms with E-state index in [1.807, 2.05) is 13.8 Å². The highest BCUT2D eigenvalue weighted by Crippen LogP contribution is 2.43. The summed E-state index contributed by atoms with van der Waals surface area (Å²) in [5.74, 6) is -0.429. The zero-order valence-electron chi connectivity index (χ0n) is 16.4. The molecule has 0 atom stereocenters. The zero-order valence-corrected chi connectivity index (χ0v) is 18.7. The number of nitrogens with zero attached hydrogens (tertiary/aromatic N) is 1. The van der Waals surface area contributed by atoms with Crippen LogP contribution in [0.25, 0.3) is 5.69 Å². The smallest absolute Gasteiger partial charge is 0.273 e. The molecular formula is C23H19Cl2NO3S. The van der Waals surface area contributed by atoms with Gasteiger partial charge in [-0.3, -0.25) is 14.2 Å². The van der Waals surface area contributed by atoms with Gasteiger partial charge in [0.25, 0.3) is 5.56 Å². The number of rotatable bonds is 3. The Balaban J connectivity index is 2.00. The summed E-state index contributed by atoms with van der Waals surface area (Å²) >= 11 is 13.2. The molecule has 4 rings (SSSR count). The summed E-state index contributed by atoms with van der Waals surface area (Å²) in [6.45, 7) is 3.96. The Hall–Kier alpha value is -2.21. The van der Waals surface area contributed by atoms with Crippen LogP contribution in [0.5, 0.6) is 5.75 Å². The minimum atomic E-state index is -0.390. The molecule has 1 heterocycles. The Morgan fingerprint density at radius 3 is 2.37 bits per heavy atom. The number of Topliss-reactive ketones (excluding diaryl/α,β-unsaturated/α-hetero) is 1. The highest BCUT2D eigenvalue weighted by atomic mass is 35.5. The zero-order chi connectivity index (χ0) is 21.6. The number of ketones is 1. The number of fused-ring (bicyclic) bond motifs is 1. The summed E-state index contributed by atoms with van der Waals surface area (Å²) in [6, 6.07) is 13.9. The van der Waals surface area contributed by atoms with Crippen molar-refractivity contribution in [3.63, 3.8) is 0 Å². The van der Waals surface area contributed by atoms with E-state index in [-0.39, 0.29) is 33.0 Å². The van der Waals surface area contributed by atoms with Gasteiger partial charge in [0.15, 0.2) is 5.78 Å². The van der Waals surface area contributed by atoms with Gasteiger partial charge in [-0.15, -0.1) is 0 Å². The van der Waals surface area contributed by atoms with Gasteiger partial charge in [-0.2, -0.15) is 0 Å². The summed E-state index contributed by atoms with van der Waals surface area (Å²) in [5.41, 5.74) is 0.576. The topological polar surface area (TPSA) is 59.3 Å². The fraction of sp³-hybridized carbons (Fsp3) is 0.217. The standard InChI is InChI=1S/C23H19Cl2NO3S/c1-23(2)11-17-19(18(27)12-23)20(28)21(30-16-8-6-13(24)7-9-16)22(29)26(17)15-5-3-4-14(25)10-15/h3-10,28H,11-12H2,1-2H3. The van der Waals surface area contributed by atoms with Gasteiger partial charge in [-0.05, 0) is 54.3 Å². The molecule has 2 aromatic carbocycles. The maximum Gasteiger partial charge on any atom is 0.273 e. The van der Waals surface area contributed by atoms with Crippen molar-refractivity contribution in [2.45, 2.75) is 36.5 Å². The molecule has 0 bridgehead atoms. The normalized spacial score (nSPS) is 15.1. The number of halogens is 2. The first-order chi connectivity index (χ1) is 14.2. The van der Waals surface area contributed by atoms with Crippen LogP contribution in [0.3, 0.4) is 0 Å². The van der Waals surface area contributed by atoms with Gasteiger partial charge in [0.05, 0.1) is 11.3 Å². The van der Waals surface area contributed by atoms with Crippen molar-refractivity contribution in [2.24, 2.45) is 5.41 Å². The Morgan fingerprint density at radius 2 is 1.70 bits per heavy atom. The van der Waals surface area contributed by atoms with E-state index < -0.39 is 0 Å². The van der Waals surface area contributed by atoms with Crippen molar-refractivity contribution in [3.05, 3.63) is 80.2 Å². The Labute approximate surface area is 188 Å². The summed E-state index contributed by atoms with van der Waals surface area (Å²) < 4.78 is 1.51. The molecule has 7 heteroatoms. The van der Waals surface area contributed by atoms with E-state index in [4.69, 9.17) is 23.2 Å². The van der Waals surface area contributed by atoms with Crippen LogP contribution < -0.4 is 5.56 Å². The fourth-order valence-corrected chi connectivity index (χ4v) is 4.98. The van der Waals surface area contributed by atoms with Crippen molar-refractivity contribution < 1.29 is 9.90 Å². The van der Waals surface area contributed by atoms with Gasteiger partial charge in [0.2, 0.25) is 0 Å². The van der Waals surface area contributed by atoms with Crippen LogP contribution >= 0.6 is 35.0 Å². The van der Waals surface area contributed by atoms with Gasteiger partial charge in [-0.1, -0.05) is 54.9 Å². The molecule has 1 aromatic heterocycles. The van der Waals surface area contributed by atoms with Crippen molar-refractivity contribution in [3.8, 4) is 11.4 Å². The van der Waals surface area contributed by atoms with Crippen LogP contribution in [-0.4, -0.2) is 15.5 Å². The van der Waals surface area contributed by atoms with E-state index in [0.717, 1.165) is 16.7 Å². The van der Waals surface area contributed by atoms with Crippen molar-refractivity contribution in [2.75, 3.05) is 0 Å². The van der Waals surface area contributed by atoms with E-state index in [9.17, 15) is 14.7 Å². The number of hydrogen-bond acceptors (Lipinski definition) is 4. The summed E-state index contributed by atoms with van der Waals surface area (Å²) in [7, 11) is 0. The van der Waals surface area contributed by atoms with Gasteiger partial charge in [0.1, 0.15) is 10.6 Å². The van der Waals surface area contributed by atoms with Gasteiger partial charge in [0, 0.05) is 27.1 Å². The molecule has 1 N–H and O–H groups in total. The van der Waals surface area contributed by atoms with Crippen LogP contribution in [0.4, 0.5) is 0 Å². The number of carbonyl (C=O) groups excluding carboxylic acids is 1. The maximum atomic E-state index is 13.6. The molecular weight excluding hydrogens is 441 g/mol. The molecule has 0 saturated carbocycles. The van der Waals surface area contributed by atoms with E-state index >= 15 is 0 Å². The molecule has 0 amide bonds. The summed E-state index contributed by atoms with van der Waals surface area (Å²) in [5, 5.41) is 12.0. The molecule has 1 aliphatic carbocycles. The highest BCUT2D eigenvalue weighted by Gasteiger charge is 2.37. The molecule has 30 heavy (non-hydrogen) atoms. The van der Waals surface area contributed by atoms with Crippen LogP contribution in [0, 0.1) is 5.41 Å². The lowest BCUT2D eigenvalue weighted by atomic mass is 9.75. The van der Waals surface area contributed by atoms with Crippen molar-refractivity contribution in [1.29, 1.82) is 0 Å². The minimum Gasteiger partial charge on any atom is -0.506 e. The van der Waals surface area contributed by atoms with E-state index in [0.29, 0.717) is 34.3 Å². The lowest BCUT2D eigenvalue weighted by molar-refractivity contribution is 0.0904. The van der Waals surface area contributed by atoms with Crippen LogP contribution in [0.15, 0.2) is 63.1 Å². The van der Waals surface area contributed by atoms with E-state index in [1.165, 1.54) is 4.57 Å². The van der Waals surface area contributed by atoms with Crippen LogP contribution in [-0.2, 0) is 6.42 Å². The largest absolute Gasteiger partial charge is 0.506 e. The quantitative estimate of drug-likeness (QED) is 0.509. The molecule has 154 valence electrons. The van der Waals surface area contributed by atoms with Crippen molar-refractivity contribution in [1.82, 2.24) is 4.57 Å². The third-order valence-electron chi connectivity index (χ3n) is 5.07. The second-order valence-electron chi connectivity index (χ2n) is 8.12. The first-order valence-corrected chi connectivity index (χ1v) is 11.0. The Morgan fingerprint density at radius 1 is 1.00 bits per heavy atom. The monoisotopic (exact) mass is 459 g/mol. The van der Waals surface area contributed by atoms with E-state index in [1.54, 1.807) is 48.5 Å². The Kier molecular flexibility index (Phi) is 5.47. The Bertz CT molecular complexity index is 1220. The predicted molar refractivity (Wildman–Crippen MR) is 121 cm³/mol. The van der Waals surface area contributed by atoms with Gasteiger partial charge in [-0.25, -0.2) is 0 Å². The lowest BCUT2D eigenvalue weighted by Gasteiger charge is -2.33. The third kappa shape index (κ3) is 3.89. The van der Waals surface area contributed by atoms with Crippen LogP contribution in [0.1, 0.15) is 36.3 Å². The molecule has 0 saturated heterocycles. The second kappa shape index (κ2) is 7.80. The molecule has 0 spiro atoms. The molecule has 0 fully saturated rings. The molecule has 3 aromatic rings. The van der Waals surface area contributed by atoms with Crippen LogP contribution in [0.2, 0.25) is 10.0 Å². The SMILES string of the molecule is CC1(C)CC(=O)c2c(O)c(Sc3ccc(Cl)cc3)c(=O)n(-c3cccc(Cl)c3)c2C1. The minimum absolute atomic E-state index is 0.101. The number of hydrogen-bond donors (Lipinski definition) is 1. The van der Waals surface area contributed by atoms with Crippen molar-refractivity contribution >= 4 is 40.7 Å². The number of benzene rings is 2. The maximum absolute atomic E-state index is 13.6. The number of pyridine rings is 1. The predicted octanol–water partition coefficient (Wildman–Crippen LogP) is 6.16. The first-order valence-electron chi connectivity index (χ1n) is 9.40. The number of aromatic nitrogens is 1. The van der Waals surface area contributed by atoms with Gasteiger partial charge >= 0.3 is 0 Å². The molecule has 0 aliphatic heterocycles. The summed E-state index contributed by atoms with van der Waals surface area (Å²) in [6.07, 6.45) is 0.779. The second-order valence-corrected chi connectivity index (χ2v) is 10.1. The highest BCUT2D eigenvalue weighted by molar-refractivity contribution is 7.99. The number of aromatic hydroxyl groups is 1. The van der Waals surface area contributed by atoms with E-state index in [2.05, 4.69) is 0 Å². The number of carbonyl (C=O) groups is 1. The lowest BCUT2D eigenvalue weighted by Crippen LogP contribution is -2.35. The average Bonchev–Trinajstić information content (AvgIpc) is 2.65. The molecule has 4 nitrogen and oxygen atoms in total. The first kappa shape index (κ1) is 21.0.